The van der Waals surface area contributed by atoms with Gasteiger partial charge in [-0.25, -0.2) is 12.7 Å². The maximum absolute atomic E-state index is 12.3. The van der Waals surface area contributed by atoms with Crippen molar-refractivity contribution in [1.29, 1.82) is 0 Å². The smallest absolute Gasteiger partial charge is 0.322 e. The molecule has 0 radical (unpaired) electrons. The second kappa shape index (κ2) is 6.56. The van der Waals surface area contributed by atoms with E-state index in [1.54, 1.807) is 17.8 Å². The zero-order chi connectivity index (χ0) is 18.2. The maximum atomic E-state index is 12.3. The molecule has 10 nitrogen and oxygen atoms in total. The number of piperidine rings is 1. The third kappa shape index (κ3) is 3.87. The summed E-state index contributed by atoms with van der Waals surface area (Å²) in [5.74, 6) is -0.308. The van der Waals surface area contributed by atoms with E-state index in [0.29, 0.717) is 31.6 Å². The third-order valence-corrected chi connectivity index (χ3v) is 5.58. The van der Waals surface area contributed by atoms with Crippen LogP contribution in [-0.4, -0.2) is 58.0 Å². The van der Waals surface area contributed by atoms with Crippen molar-refractivity contribution in [1.82, 2.24) is 24.3 Å². The number of nitrogens with zero attached hydrogens (tertiary/aromatic N) is 5. The summed E-state index contributed by atoms with van der Waals surface area (Å²) in [5.41, 5.74) is 1.48. The number of rotatable bonds is 4. The number of hydrogen-bond donors (Lipinski definition) is 1. The predicted molar refractivity (Wildman–Crippen MR) is 89.0 cm³/mol. The zero-order valence-corrected chi connectivity index (χ0v) is 15.1. The molecule has 1 fully saturated rings. The summed E-state index contributed by atoms with van der Waals surface area (Å²) in [5, 5.41) is 14.5. The van der Waals surface area contributed by atoms with Crippen LogP contribution in [0.4, 0.5) is 6.01 Å². The monoisotopic (exact) mass is 368 g/mol. The molecule has 2 aromatic heterocycles. The van der Waals surface area contributed by atoms with E-state index in [4.69, 9.17) is 4.42 Å². The molecule has 1 aliphatic rings. The van der Waals surface area contributed by atoms with Crippen molar-refractivity contribution in [3.63, 3.8) is 0 Å². The van der Waals surface area contributed by atoms with Gasteiger partial charge in [0, 0.05) is 31.7 Å². The van der Waals surface area contributed by atoms with Gasteiger partial charge in [-0.05, 0) is 25.8 Å². The first-order valence-electron chi connectivity index (χ1n) is 7.84. The molecule has 136 valence electrons. The topological polar surface area (TPSA) is 123 Å². The van der Waals surface area contributed by atoms with Crippen LogP contribution < -0.4 is 5.32 Å². The Labute approximate surface area is 145 Å². The fourth-order valence-electron chi connectivity index (χ4n) is 2.70. The Morgan fingerprint density at radius 2 is 2.00 bits per heavy atom. The Kier molecular flexibility index (Phi) is 4.60. The summed E-state index contributed by atoms with van der Waals surface area (Å²) >= 11 is 0. The lowest BCUT2D eigenvalue weighted by atomic mass is 9.97. The molecule has 0 aliphatic carbocycles. The van der Waals surface area contributed by atoms with E-state index in [2.05, 4.69) is 20.6 Å². The molecule has 3 rings (SSSR count). The van der Waals surface area contributed by atoms with Crippen molar-refractivity contribution in [2.24, 2.45) is 13.0 Å². The minimum Gasteiger partial charge on any atom is -0.401 e. The van der Waals surface area contributed by atoms with E-state index in [-0.39, 0.29) is 23.7 Å². The van der Waals surface area contributed by atoms with E-state index in [1.165, 1.54) is 10.6 Å². The highest BCUT2D eigenvalue weighted by molar-refractivity contribution is 7.88. The number of nitrogens with one attached hydrogen (secondary N) is 1. The fourth-order valence-corrected chi connectivity index (χ4v) is 3.57. The van der Waals surface area contributed by atoms with Gasteiger partial charge in [-0.15, -0.1) is 5.10 Å². The van der Waals surface area contributed by atoms with E-state index in [1.807, 2.05) is 6.92 Å². The van der Waals surface area contributed by atoms with Crippen LogP contribution >= 0.6 is 0 Å². The van der Waals surface area contributed by atoms with E-state index < -0.39 is 10.0 Å². The van der Waals surface area contributed by atoms with Crippen molar-refractivity contribution in [2.45, 2.75) is 19.8 Å². The van der Waals surface area contributed by atoms with Crippen molar-refractivity contribution < 1.29 is 17.6 Å². The first-order chi connectivity index (χ1) is 11.7. The summed E-state index contributed by atoms with van der Waals surface area (Å²) in [6.45, 7) is 2.57. The molecular weight excluding hydrogens is 348 g/mol. The molecule has 0 aromatic carbocycles. The van der Waals surface area contributed by atoms with Crippen LogP contribution in [0.15, 0.2) is 10.5 Å². The summed E-state index contributed by atoms with van der Waals surface area (Å²) in [7, 11) is -1.40. The first kappa shape index (κ1) is 17.5. The average Bonchev–Trinajstić information content (AvgIpc) is 3.14. The van der Waals surface area contributed by atoms with Crippen molar-refractivity contribution >= 4 is 21.9 Å². The molecule has 1 saturated heterocycles. The molecule has 1 amide bonds. The highest BCUT2D eigenvalue weighted by Crippen LogP contribution is 2.22. The highest BCUT2D eigenvalue weighted by atomic mass is 32.2. The van der Waals surface area contributed by atoms with Gasteiger partial charge < -0.3 is 4.42 Å². The van der Waals surface area contributed by atoms with Crippen LogP contribution in [0.5, 0.6) is 0 Å². The van der Waals surface area contributed by atoms with Gasteiger partial charge in [0.05, 0.1) is 6.26 Å². The van der Waals surface area contributed by atoms with Gasteiger partial charge in [0.15, 0.2) is 0 Å². The number of carbonyl (C=O) groups excluding carboxylic acids is 1. The minimum absolute atomic E-state index is 0.00819. The third-order valence-electron chi connectivity index (χ3n) is 4.28. The van der Waals surface area contributed by atoms with Gasteiger partial charge in [-0.2, -0.15) is 5.10 Å². The van der Waals surface area contributed by atoms with Gasteiger partial charge in [-0.1, -0.05) is 5.10 Å². The van der Waals surface area contributed by atoms with E-state index in [9.17, 15) is 13.2 Å². The fraction of sp³-hybridized carbons (Fsp3) is 0.571. The molecule has 0 bridgehead atoms. The Hall–Kier alpha value is -2.27. The van der Waals surface area contributed by atoms with Crippen LogP contribution in [-0.2, 0) is 21.9 Å². The molecular formula is C14H20N6O4S. The number of amides is 1. The molecule has 25 heavy (non-hydrogen) atoms. The predicted octanol–water partition coefficient (Wildman–Crippen LogP) is 0.389. The van der Waals surface area contributed by atoms with Gasteiger partial charge >= 0.3 is 6.01 Å². The zero-order valence-electron chi connectivity index (χ0n) is 14.3. The summed E-state index contributed by atoms with van der Waals surface area (Å²) in [6, 6.07) is 1.81. The lowest BCUT2D eigenvalue weighted by Crippen LogP contribution is -2.40. The first-order valence-corrected chi connectivity index (χ1v) is 9.69. The summed E-state index contributed by atoms with van der Waals surface area (Å²) < 4.78 is 31.5. The van der Waals surface area contributed by atoms with Crippen molar-refractivity contribution in [3.05, 3.63) is 11.8 Å². The summed E-state index contributed by atoms with van der Waals surface area (Å²) in [6.07, 6.45) is 2.09. The largest absolute Gasteiger partial charge is 0.401 e. The number of anilines is 1. The van der Waals surface area contributed by atoms with Gasteiger partial charge in [-0.3, -0.25) is 14.8 Å². The SMILES string of the molecule is Cc1cc(-c2nnc(NC(=O)C3CCN(S(C)(=O)=O)CC3)o2)nn1C. The lowest BCUT2D eigenvalue weighted by Gasteiger charge is -2.28. The van der Waals surface area contributed by atoms with Crippen LogP contribution in [0.1, 0.15) is 18.5 Å². The van der Waals surface area contributed by atoms with Crippen LogP contribution in [0.25, 0.3) is 11.6 Å². The molecule has 11 heteroatoms. The second-order valence-electron chi connectivity index (χ2n) is 6.13. The highest BCUT2D eigenvalue weighted by Gasteiger charge is 2.29. The molecule has 2 aromatic rings. The molecule has 0 atom stereocenters. The average molecular weight is 368 g/mol. The molecule has 3 heterocycles. The van der Waals surface area contributed by atoms with E-state index in [0.717, 1.165) is 5.69 Å². The Bertz CT molecular complexity index is 860. The van der Waals surface area contributed by atoms with Gasteiger partial charge in [0.2, 0.25) is 15.9 Å². The molecule has 0 saturated carbocycles. The number of sulfonamides is 1. The second-order valence-corrected chi connectivity index (χ2v) is 8.11. The summed E-state index contributed by atoms with van der Waals surface area (Å²) in [4.78, 5) is 12.3. The van der Waals surface area contributed by atoms with Gasteiger partial charge in [0.1, 0.15) is 5.69 Å². The molecule has 1 N–H and O–H groups in total. The molecule has 1 aliphatic heterocycles. The number of aryl methyl sites for hydroxylation is 2. The Balaban J connectivity index is 1.61. The lowest BCUT2D eigenvalue weighted by molar-refractivity contribution is -0.121. The van der Waals surface area contributed by atoms with Crippen molar-refractivity contribution in [2.75, 3.05) is 24.7 Å². The van der Waals surface area contributed by atoms with Crippen LogP contribution in [0.3, 0.4) is 0 Å². The van der Waals surface area contributed by atoms with Crippen LogP contribution in [0, 0.1) is 12.8 Å². The minimum atomic E-state index is -3.21. The van der Waals surface area contributed by atoms with Gasteiger partial charge in [0.25, 0.3) is 5.89 Å². The van der Waals surface area contributed by atoms with Crippen molar-refractivity contribution in [3.8, 4) is 11.6 Å². The maximum Gasteiger partial charge on any atom is 0.322 e. The van der Waals surface area contributed by atoms with E-state index >= 15 is 0 Å². The normalized spacial score (nSPS) is 16.9. The quantitative estimate of drug-likeness (QED) is 0.828. The standard InChI is InChI=1S/C14H20N6O4S/c1-9-8-11(18-19(9)2)13-16-17-14(24-13)15-12(21)10-4-6-20(7-5-10)25(3,22)23/h8,10H,4-7H2,1-3H3,(H,15,17,21). The molecule has 0 unspecified atom stereocenters. The van der Waals surface area contributed by atoms with Crippen LogP contribution in [0.2, 0.25) is 0 Å². The Morgan fingerprint density at radius 3 is 2.56 bits per heavy atom. The number of aromatic nitrogens is 4. The number of hydrogen-bond acceptors (Lipinski definition) is 7. The molecule has 0 spiro atoms. The number of carbonyl (C=O) groups is 1. The Morgan fingerprint density at radius 1 is 1.32 bits per heavy atom.